The molecule has 1 heterocycles. The highest BCUT2D eigenvalue weighted by Gasteiger charge is 2.43. The smallest absolute Gasteiger partial charge is 0.355 e. The van der Waals surface area contributed by atoms with Crippen LogP contribution in [-0.4, -0.2) is 48.3 Å². The molecule has 0 fully saturated rings. The van der Waals surface area contributed by atoms with Gasteiger partial charge in [-0.05, 0) is 23.8 Å². The van der Waals surface area contributed by atoms with Gasteiger partial charge in [0.1, 0.15) is 11.5 Å². The molecule has 11 heteroatoms. The number of methoxy groups -OCH3 is 2. The van der Waals surface area contributed by atoms with Crippen LogP contribution in [0.25, 0.3) is 0 Å². The SMILES string of the molecule is COC(=O)C1=C(C(=O)OC)N(c2cc(C(=O)O)ccc2C(=O)O)C(N)=C(C#N)C1c1ccccc1. The van der Waals surface area contributed by atoms with Crippen LogP contribution in [0.4, 0.5) is 5.69 Å². The summed E-state index contributed by atoms with van der Waals surface area (Å²) in [6.07, 6.45) is 0. The van der Waals surface area contributed by atoms with Crippen molar-refractivity contribution < 1.29 is 38.9 Å². The number of carbonyl (C=O) groups is 4. The second-order valence-electron chi connectivity index (χ2n) is 7.18. The molecule has 1 atom stereocenters. The molecule has 0 saturated carbocycles. The van der Waals surface area contributed by atoms with E-state index in [4.69, 9.17) is 15.2 Å². The summed E-state index contributed by atoms with van der Waals surface area (Å²) in [5.41, 5.74) is 4.56. The van der Waals surface area contributed by atoms with Crippen LogP contribution >= 0.6 is 0 Å². The van der Waals surface area contributed by atoms with Crippen LogP contribution in [0.15, 0.2) is 71.2 Å². The molecule has 4 N–H and O–H groups in total. The molecule has 0 amide bonds. The lowest BCUT2D eigenvalue weighted by Crippen LogP contribution is -2.41. The van der Waals surface area contributed by atoms with Gasteiger partial charge in [0.05, 0.1) is 54.2 Å². The van der Waals surface area contributed by atoms with Crippen LogP contribution in [0.2, 0.25) is 0 Å². The number of esters is 2. The van der Waals surface area contributed by atoms with Crippen molar-refractivity contribution in [3.63, 3.8) is 0 Å². The topological polar surface area (TPSA) is 180 Å². The third-order valence-electron chi connectivity index (χ3n) is 5.33. The molecule has 0 saturated heterocycles. The minimum Gasteiger partial charge on any atom is -0.478 e. The molecule has 0 radical (unpaired) electrons. The molecule has 3 rings (SSSR count). The first-order valence-electron chi connectivity index (χ1n) is 9.94. The zero-order valence-corrected chi connectivity index (χ0v) is 18.5. The first kappa shape index (κ1) is 24.5. The fraction of sp³-hybridized carbons (Fsp3) is 0.125. The van der Waals surface area contributed by atoms with Gasteiger partial charge in [-0.1, -0.05) is 30.3 Å². The van der Waals surface area contributed by atoms with Crippen molar-refractivity contribution in [2.24, 2.45) is 5.73 Å². The van der Waals surface area contributed by atoms with Gasteiger partial charge in [-0.2, -0.15) is 5.26 Å². The van der Waals surface area contributed by atoms with Crippen LogP contribution in [0, 0.1) is 11.3 Å². The maximum Gasteiger partial charge on any atom is 0.355 e. The maximum atomic E-state index is 13.0. The van der Waals surface area contributed by atoms with Crippen molar-refractivity contribution in [1.82, 2.24) is 0 Å². The molecule has 1 aliphatic heterocycles. The van der Waals surface area contributed by atoms with E-state index in [1.54, 1.807) is 30.3 Å². The number of hydrogen-bond donors (Lipinski definition) is 3. The van der Waals surface area contributed by atoms with E-state index in [9.17, 15) is 34.7 Å². The molecule has 0 aromatic heterocycles. The van der Waals surface area contributed by atoms with E-state index < -0.39 is 41.1 Å². The van der Waals surface area contributed by atoms with Gasteiger partial charge < -0.3 is 25.4 Å². The number of aromatic carboxylic acids is 2. The van der Waals surface area contributed by atoms with Crippen molar-refractivity contribution in [2.75, 3.05) is 19.1 Å². The number of anilines is 1. The summed E-state index contributed by atoms with van der Waals surface area (Å²) in [5.74, 6) is -6.51. The Morgan fingerprint density at radius 2 is 1.60 bits per heavy atom. The van der Waals surface area contributed by atoms with Crippen molar-refractivity contribution in [3.8, 4) is 6.07 Å². The fourth-order valence-electron chi connectivity index (χ4n) is 3.79. The van der Waals surface area contributed by atoms with Crippen molar-refractivity contribution in [3.05, 3.63) is 87.9 Å². The molecular formula is C24H19N3O8. The van der Waals surface area contributed by atoms with Gasteiger partial charge in [-0.25, -0.2) is 19.2 Å². The molecule has 35 heavy (non-hydrogen) atoms. The average Bonchev–Trinajstić information content (AvgIpc) is 2.86. The Balaban J connectivity index is 2.51. The monoisotopic (exact) mass is 477 g/mol. The Morgan fingerprint density at radius 1 is 0.971 bits per heavy atom. The quantitative estimate of drug-likeness (QED) is 0.518. The first-order valence-corrected chi connectivity index (χ1v) is 9.94. The number of carboxylic acids is 2. The molecule has 1 aliphatic rings. The molecule has 2 aromatic carbocycles. The van der Waals surface area contributed by atoms with Gasteiger partial charge in [0, 0.05) is 0 Å². The highest BCUT2D eigenvalue weighted by molar-refractivity contribution is 6.08. The predicted molar refractivity (Wildman–Crippen MR) is 120 cm³/mol. The third-order valence-corrected chi connectivity index (χ3v) is 5.33. The lowest BCUT2D eigenvalue weighted by Gasteiger charge is -2.36. The molecular weight excluding hydrogens is 458 g/mol. The van der Waals surface area contributed by atoms with Crippen LogP contribution < -0.4 is 10.6 Å². The Labute approximate surface area is 198 Å². The van der Waals surface area contributed by atoms with E-state index in [2.05, 4.69) is 0 Å². The predicted octanol–water partition coefficient (Wildman–Crippen LogP) is 1.98. The zero-order chi connectivity index (χ0) is 25.9. The average molecular weight is 477 g/mol. The number of benzene rings is 2. The summed E-state index contributed by atoms with van der Waals surface area (Å²) in [4.78, 5) is 50.5. The van der Waals surface area contributed by atoms with Gasteiger partial charge in [0.2, 0.25) is 0 Å². The number of allylic oxidation sites excluding steroid dienone is 1. The van der Waals surface area contributed by atoms with Crippen LogP contribution in [-0.2, 0) is 19.1 Å². The number of nitrogens with two attached hydrogens (primary N) is 1. The number of rotatable bonds is 6. The van der Waals surface area contributed by atoms with Gasteiger partial charge >= 0.3 is 23.9 Å². The van der Waals surface area contributed by atoms with Crippen LogP contribution in [0.3, 0.4) is 0 Å². The maximum absolute atomic E-state index is 13.0. The number of hydrogen-bond acceptors (Lipinski definition) is 9. The summed E-state index contributed by atoms with van der Waals surface area (Å²) < 4.78 is 9.78. The van der Waals surface area contributed by atoms with Crippen LogP contribution in [0.5, 0.6) is 0 Å². The Morgan fingerprint density at radius 3 is 2.11 bits per heavy atom. The second-order valence-corrected chi connectivity index (χ2v) is 7.18. The fourth-order valence-corrected chi connectivity index (χ4v) is 3.79. The standard InChI is InChI=1S/C24H19N3O8/c1-34-23(32)18-17(12-6-4-3-5-7-12)15(11-25)20(26)27(19(18)24(33)35-2)16-10-13(21(28)29)8-9-14(16)22(30)31/h3-10,17H,26H2,1-2H3,(H,28,29)(H,30,31). The second kappa shape index (κ2) is 9.80. The van der Waals surface area contributed by atoms with Crippen molar-refractivity contribution in [2.45, 2.75) is 5.92 Å². The minimum absolute atomic E-state index is 0.193. The Kier molecular flexibility index (Phi) is 6.87. The molecule has 11 nitrogen and oxygen atoms in total. The van der Waals surface area contributed by atoms with Gasteiger partial charge in [-0.3, -0.25) is 4.90 Å². The van der Waals surface area contributed by atoms with Crippen molar-refractivity contribution in [1.29, 1.82) is 5.26 Å². The highest BCUT2D eigenvalue weighted by atomic mass is 16.5. The van der Waals surface area contributed by atoms with Crippen LogP contribution in [0.1, 0.15) is 32.2 Å². The van der Waals surface area contributed by atoms with E-state index in [1.807, 2.05) is 6.07 Å². The van der Waals surface area contributed by atoms with E-state index in [0.717, 1.165) is 37.3 Å². The summed E-state index contributed by atoms with van der Waals surface area (Å²) in [6, 6.07) is 13.2. The van der Waals surface area contributed by atoms with E-state index >= 15 is 0 Å². The molecule has 2 aromatic rings. The summed E-state index contributed by atoms with van der Waals surface area (Å²) >= 11 is 0. The Hall–Kier alpha value is -5.11. The summed E-state index contributed by atoms with van der Waals surface area (Å²) in [5, 5.41) is 29.2. The molecule has 0 bridgehead atoms. The highest BCUT2D eigenvalue weighted by Crippen LogP contribution is 2.44. The van der Waals surface area contributed by atoms with Crippen molar-refractivity contribution >= 4 is 29.6 Å². The van der Waals surface area contributed by atoms with Gasteiger partial charge in [-0.15, -0.1) is 0 Å². The first-order chi connectivity index (χ1) is 16.7. The number of nitrogens with zero attached hydrogens (tertiary/aromatic N) is 2. The summed E-state index contributed by atoms with van der Waals surface area (Å²) in [7, 11) is 2.10. The third kappa shape index (κ3) is 4.28. The lowest BCUT2D eigenvalue weighted by molar-refractivity contribution is -0.139. The molecule has 0 spiro atoms. The Bertz CT molecular complexity index is 1340. The van der Waals surface area contributed by atoms with E-state index in [1.165, 1.54) is 0 Å². The van der Waals surface area contributed by atoms with Gasteiger partial charge in [0.25, 0.3) is 0 Å². The molecule has 0 aliphatic carbocycles. The number of nitriles is 1. The number of ether oxygens (including phenoxy) is 2. The number of carbonyl (C=O) groups excluding carboxylic acids is 2. The lowest BCUT2D eigenvalue weighted by atomic mass is 9.80. The molecule has 178 valence electrons. The number of carboxylic acid groups (broad SMARTS) is 2. The summed E-state index contributed by atoms with van der Waals surface area (Å²) in [6.45, 7) is 0. The van der Waals surface area contributed by atoms with E-state index in [-0.39, 0.29) is 28.2 Å². The van der Waals surface area contributed by atoms with Gasteiger partial charge in [0.15, 0.2) is 0 Å². The minimum atomic E-state index is -1.47. The zero-order valence-electron chi connectivity index (χ0n) is 18.5. The molecule has 1 unspecified atom stereocenters. The van der Waals surface area contributed by atoms with E-state index in [0.29, 0.717) is 5.56 Å². The largest absolute Gasteiger partial charge is 0.478 e. The normalized spacial score (nSPS) is 15.3.